The number of rotatable bonds is 4. The maximum Gasteiger partial charge on any atom is 0.410 e. The van der Waals surface area contributed by atoms with Gasteiger partial charge in [0.1, 0.15) is 6.61 Å². The highest BCUT2D eigenvalue weighted by Gasteiger charge is 2.51. The van der Waals surface area contributed by atoms with Gasteiger partial charge in [-0.1, -0.05) is 47.5 Å². The monoisotopic (exact) mass is 412 g/mol. The van der Waals surface area contributed by atoms with Gasteiger partial charge in [0.25, 0.3) is 11.8 Å². The number of hydrogen-bond acceptors (Lipinski definition) is 6. The van der Waals surface area contributed by atoms with Crippen molar-refractivity contribution in [2.24, 2.45) is 0 Å². The third kappa shape index (κ3) is 3.49. The molecule has 2 aliphatic heterocycles. The predicted octanol–water partition coefficient (Wildman–Crippen LogP) is 2.49. The Bertz CT molecular complexity index is 992. The van der Waals surface area contributed by atoms with Crippen molar-refractivity contribution in [2.75, 3.05) is 13.1 Å². The molecule has 0 aromatic heterocycles. The number of hydrogen-bond donors (Lipinski definition) is 0. The molecule has 1 atom stereocenters. The van der Waals surface area contributed by atoms with Crippen LogP contribution in [0, 0.1) is 0 Å². The number of benzene rings is 2. The summed E-state index contributed by atoms with van der Waals surface area (Å²) in [5, 5.41) is 0.255. The van der Waals surface area contributed by atoms with Gasteiger partial charge < -0.3 is 14.5 Å². The molecule has 0 aliphatic carbocycles. The number of hydroxylamine groups is 2. The Morgan fingerprint density at radius 3 is 2.20 bits per heavy atom. The lowest BCUT2D eigenvalue weighted by molar-refractivity contribution is -0.182. The average Bonchev–Trinajstić information content (AvgIpc) is 3.28. The van der Waals surface area contributed by atoms with Gasteiger partial charge in [-0.05, 0) is 17.7 Å². The standard InChI is InChI=1S/C21H17FN2O6/c22-21(10-11-23(13-21)20(28)29-12-14-6-2-1-3-7-14)19(27)30-24-17(25)15-8-4-5-9-16(15)18(24)26/h1-9H,10-13H2. The molecule has 1 fully saturated rings. The van der Waals surface area contributed by atoms with E-state index in [2.05, 4.69) is 0 Å². The van der Waals surface area contributed by atoms with E-state index < -0.39 is 36.1 Å². The van der Waals surface area contributed by atoms with E-state index in [0.29, 0.717) is 0 Å². The fourth-order valence-corrected chi connectivity index (χ4v) is 3.32. The van der Waals surface area contributed by atoms with Gasteiger partial charge in [-0.2, -0.15) is 0 Å². The molecular weight excluding hydrogens is 395 g/mol. The van der Waals surface area contributed by atoms with E-state index in [1.54, 1.807) is 36.4 Å². The summed E-state index contributed by atoms with van der Waals surface area (Å²) in [5.74, 6) is -3.09. The van der Waals surface area contributed by atoms with E-state index in [1.807, 2.05) is 6.07 Å². The molecule has 2 aliphatic rings. The lowest BCUT2D eigenvalue weighted by Crippen LogP contribution is -2.44. The first kappa shape index (κ1) is 19.6. The van der Waals surface area contributed by atoms with Crippen LogP contribution in [-0.4, -0.2) is 52.6 Å². The van der Waals surface area contributed by atoms with Crippen LogP contribution in [0.1, 0.15) is 32.7 Å². The lowest BCUT2D eigenvalue weighted by atomic mass is 10.1. The molecule has 4 rings (SSSR count). The van der Waals surface area contributed by atoms with Crippen LogP contribution >= 0.6 is 0 Å². The van der Waals surface area contributed by atoms with Gasteiger partial charge >= 0.3 is 12.1 Å². The number of imide groups is 1. The van der Waals surface area contributed by atoms with E-state index in [-0.39, 0.29) is 35.8 Å². The number of ether oxygens (including phenoxy) is 1. The van der Waals surface area contributed by atoms with Gasteiger partial charge in [0.05, 0.1) is 17.7 Å². The Kier molecular flexibility index (Phi) is 4.94. The highest BCUT2D eigenvalue weighted by molar-refractivity contribution is 6.21. The quantitative estimate of drug-likeness (QED) is 0.717. The molecule has 2 aromatic rings. The number of carbonyl (C=O) groups is 4. The number of nitrogens with zero attached hydrogens (tertiary/aromatic N) is 2. The molecule has 0 spiro atoms. The van der Waals surface area contributed by atoms with Gasteiger partial charge in [-0.25, -0.2) is 14.0 Å². The molecule has 0 bridgehead atoms. The van der Waals surface area contributed by atoms with Crippen molar-refractivity contribution in [3.63, 3.8) is 0 Å². The molecule has 9 heteroatoms. The number of carbonyl (C=O) groups excluding carboxylic acids is 4. The van der Waals surface area contributed by atoms with Gasteiger partial charge in [-0.3, -0.25) is 9.59 Å². The van der Waals surface area contributed by atoms with Crippen molar-refractivity contribution in [2.45, 2.75) is 18.7 Å². The Hall–Kier alpha value is -3.75. The summed E-state index contributed by atoms with van der Waals surface area (Å²) in [5.41, 5.74) is -1.65. The molecule has 2 aromatic carbocycles. The maximum absolute atomic E-state index is 15.1. The van der Waals surface area contributed by atoms with Gasteiger partial charge in [-0.15, -0.1) is 0 Å². The van der Waals surface area contributed by atoms with Crippen LogP contribution in [0.2, 0.25) is 0 Å². The molecule has 154 valence electrons. The zero-order valence-corrected chi connectivity index (χ0v) is 15.7. The fraction of sp³-hybridized carbons (Fsp3) is 0.238. The van der Waals surface area contributed by atoms with Crippen molar-refractivity contribution in [1.29, 1.82) is 0 Å². The second kappa shape index (κ2) is 7.58. The third-order valence-corrected chi connectivity index (χ3v) is 4.98. The van der Waals surface area contributed by atoms with Gasteiger partial charge in [0, 0.05) is 13.0 Å². The van der Waals surface area contributed by atoms with E-state index in [1.165, 1.54) is 12.1 Å². The second-order valence-electron chi connectivity index (χ2n) is 7.01. The molecule has 8 nitrogen and oxygen atoms in total. The van der Waals surface area contributed by atoms with Gasteiger partial charge in [0.2, 0.25) is 5.67 Å². The van der Waals surface area contributed by atoms with Crippen LogP contribution < -0.4 is 0 Å². The maximum atomic E-state index is 15.1. The zero-order valence-electron chi connectivity index (χ0n) is 15.7. The molecule has 1 saturated heterocycles. The average molecular weight is 412 g/mol. The number of likely N-dealkylation sites (tertiary alicyclic amines) is 1. The van der Waals surface area contributed by atoms with Gasteiger partial charge in [0.15, 0.2) is 0 Å². The van der Waals surface area contributed by atoms with E-state index >= 15 is 4.39 Å². The molecule has 2 heterocycles. The molecular formula is C21H17FN2O6. The highest BCUT2D eigenvalue weighted by Crippen LogP contribution is 2.30. The smallest absolute Gasteiger partial charge is 0.410 e. The Labute approximate surface area is 170 Å². The first-order valence-electron chi connectivity index (χ1n) is 9.24. The van der Waals surface area contributed by atoms with Crippen molar-refractivity contribution < 1.29 is 33.1 Å². The molecule has 1 unspecified atom stereocenters. The van der Waals surface area contributed by atoms with Crippen LogP contribution in [0.4, 0.5) is 9.18 Å². The van der Waals surface area contributed by atoms with Crippen LogP contribution in [0.5, 0.6) is 0 Å². The summed E-state index contributed by atoms with van der Waals surface area (Å²) in [4.78, 5) is 55.0. The molecule has 3 amide bonds. The van der Waals surface area contributed by atoms with E-state index in [4.69, 9.17) is 9.57 Å². The van der Waals surface area contributed by atoms with Crippen LogP contribution in [0.25, 0.3) is 0 Å². The van der Waals surface area contributed by atoms with Crippen molar-refractivity contribution in [3.05, 3.63) is 71.3 Å². The minimum atomic E-state index is -2.55. The predicted molar refractivity (Wildman–Crippen MR) is 99.7 cm³/mol. The molecule has 30 heavy (non-hydrogen) atoms. The molecule has 0 N–H and O–H groups in total. The summed E-state index contributed by atoms with van der Waals surface area (Å²) < 4.78 is 20.3. The minimum absolute atomic E-state index is 0.00887. The summed E-state index contributed by atoms with van der Waals surface area (Å²) in [6.07, 6.45) is -1.11. The molecule has 0 saturated carbocycles. The van der Waals surface area contributed by atoms with E-state index in [0.717, 1.165) is 10.5 Å². The van der Waals surface area contributed by atoms with Crippen LogP contribution in [-0.2, 0) is 21.0 Å². The third-order valence-electron chi connectivity index (χ3n) is 4.98. The largest absolute Gasteiger partial charge is 0.445 e. The fourth-order valence-electron chi connectivity index (χ4n) is 3.32. The normalized spacial score (nSPS) is 20.3. The SMILES string of the molecule is O=C(OCc1ccccc1)N1CCC(F)(C(=O)ON2C(=O)c3ccccc3C2=O)C1. The Morgan fingerprint density at radius 1 is 0.967 bits per heavy atom. The van der Waals surface area contributed by atoms with Crippen LogP contribution in [0.15, 0.2) is 54.6 Å². The van der Waals surface area contributed by atoms with Crippen molar-refractivity contribution in [3.8, 4) is 0 Å². The number of fused-ring (bicyclic) bond motifs is 1. The first-order chi connectivity index (χ1) is 14.4. The zero-order chi connectivity index (χ0) is 21.3. The summed E-state index contributed by atoms with van der Waals surface area (Å²) >= 11 is 0. The first-order valence-corrected chi connectivity index (χ1v) is 9.24. The number of amides is 3. The number of halogens is 1. The Balaban J connectivity index is 1.36. The van der Waals surface area contributed by atoms with E-state index in [9.17, 15) is 19.2 Å². The van der Waals surface area contributed by atoms with Crippen molar-refractivity contribution >= 4 is 23.9 Å². The topological polar surface area (TPSA) is 93.2 Å². The highest BCUT2D eigenvalue weighted by atomic mass is 19.1. The minimum Gasteiger partial charge on any atom is -0.445 e. The molecule has 0 radical (unpaired) electrons. The number of alkyl halides is 1. The van der Waals surface area contributed by atoms with Crippen molar-refractivity contribution in [1.82, 2.24) is 9.96 Å². The summed E-state index contributed by atoms with van der Waals surface area (Å²) in [7, 11) is 0. The van der Waals surface area contributed by atoms with Crippen LogP contribution in [0.3, 0.4) is 0 Å². The lowest BCUT2D eigenvalue weighted by Gasteiger charge is -2.21. The second-order valence-corrected chi connectivity index (χ2v) is 7.01. The summed E-state index contributed by atoms with van der Waals surface area (Å²) in [6, 6.07) is 14.9. The Morgan fingerprint density at radius 2 is 1.57 bits per heavy atom. The summed E-state index contributed by atoms with van der Waals surface area (Å²) in [6.45, 7) is -0.654.